The van der Waals surface area contributed by atoms with Crippen LogP contribution in [-0.2, 0) is 9.59 Å². The maximum absolute atomic E-state index is 11.9. The summed E-state index contributed by atoms with van der Waals surface area (Å²) in [7, 11) is 0. The van der Waals surface area contributed by atoms with Gasteiger partial charge in [-0.3, -0.25) is 9.59 Å². The molecule has 1 aromatic rings. The lowest BCUT2D eigenvalue weighted by Crippen LogP contribution is -2.44. The number of rotatable bonds is 5. The van der Waals surface area contributed by atoms with Crippen molar-refractivity contribution >= 4 is 17.5 Å². The second-order valence-corrected chi connectivity index (χ2v) is 6.02. The molecule has 124 valence electrons. The molecule has 2 amide bonds. The van der Waals surface area contributed by atoms with Crippen LogP contribution >= 0.6 is 0 Å². The number of carbonyl (C=O) groups is 2. The Bertz CT molecular complexity index is 553. The highest BCUT2D eigenvalue weighted by molar-refractivity contribution is 5.95. The summed E-state index contributed by atoms with van der Waals surface area (Å²) >= 11 is 0. The number of ether oxygens (including phenoxy) is 1. The molecule has 6 nitrogen and oxygen atoms in total. The fraction of sp³-hybridized carbons (Fsp3) is 0.529. The Balaban J connectivity index is 1.46. The van der Waals surface area contributed by atoms with Gasteiger partial charge in [0.25, 0.3) is 5.91 Å². The van der Waals surface area contributed by atoms with Crippen LogP contribution in [0.4, 0.5) is 5.69 Å². The number of hydrogen-bond acceptors (Lipinski definition) is 4. The van der Waals surface area contributed by atoms with Crippen LogP contribution in [0.15, 0.2) is 24.3 Å². The number of nitrogens with one attached hydrogen (secondary N) is 2. The van der Waals surface area contributed by atoms with Gasteiger partial charge in [-0.25, -0.2) is 0 Å². The van der Waals surface area contributed by atoms with Crippen LogP contribution in [0.1, 0.15) is 25.7 Å². The SMILES string of the molecule is O=C(COc1ccc(N2CCCC2=O)cc1)NC1CCNCC1. The third kappa shape index (κ3) is 4.22. The quantitative estimate of drug-likeness (QED) is 0.852. The second kappa shape index (κ2) is 7.46. The van der Waals surface area contributed by atoms with E-state index in [9.17, 15) is 9.59 Å². The lowest BCUT2D eigenvalue weighted by Gasteiger charge is -2.23. The Hall–Kier alpha value is -2.08. The summed E-state index contributed by atoms with van der Waals surface area (Å²) < 4.78 is 5.52. The van der Waals surface area contributed by atoms with Crippen molar-refractivity contribution in [1.29, 1.82) is 0 Å². The molecule has 1 aromatic carbocycles. The highest BCUT2D eigenvalue weighted by Gasteiger charge is 2.21. The van der Waals surface area contributed by atoms with E-state index >= 15 is 0 Å². The molecule has 0 aliphatic carbocycles. The fourth-order valence-electron chi connectivity index (χ4n) is 3.03. The van der Waals surface area contributed by atoms with E-state index in [2.05, 4.69) is 10.6 Å². The molecule has 0 radical (unpaired) electrons. The minimum atomic E-state index is -0.0873. The van der Waals surface area contributed by atoms with Crippen molar-refractivity contribution in [3.8, 4) is 5.75 Å². The van der Waals surface area contributed by atoms with Crippen molar-refractivity contribution in [2.75, 3.05) is 31.1 Å². The second-order valence-electron chi connectivity index (χ2n) is 6.02. The van der Waals surface area contributed by atoms with E-state index in [0.717, 1.165) is 44.6 Å². The monoisotopic (exact) mass is 317 g/mol. The molecular weight excluding hydrogens is 294 g/mol. The number of nitrogens with zero attached hydrogens (tertiary/aromatic N) is 1. The maximum Gasteiger partial charge on any atom is 0.258 e. The van der Waals surface area contributed by atoms with E-state index in [1.807, 2.05) is 12.1 Å². The third-order valence-electron chi connectivity index (χ3n) is 4.30. The van der Waals surface area contributed by atoms with Crippen LogP contribution in [0.5, 0.6) is 5.75 Å². The van der Waals surface area contributed by atoms with Gasteiger partial charge in [0.15, 0.2) is 6.61 Å². The lowest BCUT2D eigenvalue weighted by atomic mass is 10.1. The van der Waals surface area contributed by atoms with Crippen LogP contribution in [-0.4, -0.2) is 44.1 Å². The normalized spacial score (nSPS) is 19.0. The first-order chi connectivity index (χ1) is 11.2. The van der Waals surface area contributed by atoms with Crippen molar-refractivity contribution in [3.63, 3.8) is 0 Å². The lowest BCUT2D eigenvalue weighted by molar-refractivity contribution is -0.124. The first kappa shape index (κ1) is 15.8. The van der Waals surface area contributed by atoms with E-state index in [0.29, 0.717) is 12.2 Å². The van der Waals surface area contributed by atoms with Gasteiger partial charge in [-0.1, -0.05) is 0 Å². The molecule has 2 fully saturated rings. The third-order valence-corrected chi connectivity index (χ3v) is 4.30. The first-order valence-electron chi connectivity index (χ1n) is 8.26. The maximum atomic E-state index is 11.9. The summed E-state index contributed by atoms with van der Waals surface area (Å²) in [4.78, 5) is 25.4. The molecule has 2 aliphatic rings. The van der Waals surface area contributed by atoms with Crippen molar-refractivity contribution in [2.24, 2.45) is 0 Å². The van der Waals surface area contributed by atoms with Gasteiger partial charge in [-0.2, -0.15) is 0 Å². The molecular formula is C17H23N3O3. The highest BCUT2D eigenvalue weighted by atomic mass is 16.5. The summed E-state index contributed by atoms with van der Waals surface area (Å²) in [6.45, 7) is 2.69. The smallest absolute Gasteiger partial charge is 0.258 e. The predicted molar refractivity (Wildman–Crippen MR) is 87.6 cm³/mol. The van der Waals surface area contributed by atoms with Gasteiger partial charge in [0, 0.05) is 24.7 Å². The van der Waals surface area contributed by atoms with Gasteiger partial charge < -0.3 is 20.3 Å². The highest BCUT2D eigenvalue weighted by Crippen LogP contribution is 2.23. The van der Waals surface area contributed by atoms with E-state index in [-0.39, 0.29) is 24.5 Å². The van der Waals surface area contributed by atoms with Crippen molar-refractivity contribution < 1.29 is 14.3 Å². The summed E-state index contributed by atoms with van der Waals surface area (Å²) in [6.07, 6.45) is 3.46. The van der Waals surface area contributed by atoms with Crippen molar-refractivity contribution in [3.05, 3.63) is 24.3 Å². The summed E-state index contributed by atoms with van der Waals surface area (Å²) in [5.74, 6) is 0.719. The van der Waals surface area contributed by atoms with Gasteiger partial charge in [0.1, 0.15) is 5.75 Å². The molecule has 0 atom stereocenters. The van der Waals surface area contributed by atoms with Crippen molar-refractivity contribution in [2.45, 2.75) is 31.7 Å². The summed E-state index contributed by atoms with van der Waals surface area (Å²) in [5.41, 5.74) is 0.888. The number of carbonyl (C=O) groups excluding carboxylic acids is 2. The molecule has 0 unspecified atom stereocenters. The molecule has 0 saturated carbocycles. The average molecular weight is 317 g/mol. The minimum Gasteiger partial charge on any atom is -0.484 e. The van der Waals surface area contributed by atoms with Gasteiger partial charge in [0.05, 0.1) is 0 Å². The molecule has 2 saturated heterocycles. The molecule has 0 spiro atoms. The molecule has 2 aliphatic heterocycles. The Kier molecular flexibility index (Phi) is 5.12. The van der Waals surface area contributed by atoms with Gasteiger partial charge in [-0.05, 0) is 56.6 Å². The number of piperidine rings is 1. The zero-order valence-electron chi connectivity index (χ0n) is 13.2. The standard InChI is InChI=1S/C17H23N3O3/c21-16(19-13-7-9-18-10-8-13)12-23-15-5-3-14(4-6-15)20-11-1-2-17(20)22/h3-6,13,18H,1-2,7-12H2,(H,19,21). The minimum absolute atomic E-state index is 0.0198. The Morgan fingerprint density at radius 1 is 1.26 bits per heavy atom. The van der Waals surface area contributed by atoms with E-state index in [1.54, 1.807) is 17.0 Å². The van der Waals surface area contributed by atoms with E-state index in [4.69, 9.17) is 4.74 Å². The number of anilines is 1. The number of benzene rings is 1. The fourth-order valence-corrected chi connectivity index (χ4v) is 3.03. The van der Waals surface area contributed by atoms with E-state index in [1.165, 1.54) is 0 Å². The van der Waals surface area contributed by atoms with Crippen LogP contribution < -0.4 is 20.3 Å². The topological polar surface area (TPSA) is 70.7 Å². The van der Waals surface area contributed by atoms with Crippen LogP contribution in [0.2, 0.25) is 0 Å². The van der Waals surface area contributed by atoms with Gasteiger partial charge >= 0.3 is 0 Å². The van der Waals surface area contributed by atoms with Crippen LogP contribution in [0.3, 0.4) is 0 Å². The molecule has 2 N–H and O–H groups in total. The molecule has 2 heterocycles. The Morgan fingerprint density at radius 2 is 2.00 bits per heavy atom. The number of hydrogen-bond donors (Lipinski definition) is 2. The van der Waals surface area contributed by atoms with E-state index < -0.39 is 0 Å². The summed E-state index contributed by atoms with van der Waals surface area (Å²) in [5, 5.41) is 6.26. The molecule has 23 heavy (non-hydrogen) atoms. The first-order valence-corrected chi connectivity index (χ1v) is 8.26. The average Bonchev–Trinajstić information content (AvgIpc) is 3.00. The molecule has 0 aromatic heterocycles. The Labute approximate surface area is 136 Å². The largest absolute Gasteiger partial charge is 0.484 e. The predicted octanol–water partition coefficient (Wildman–Crippen LogP) is 1.06. The van der Waals surface area contributed by atoms with Crippen LogP contribution in [0, 0.1) is 0 Å². The Morgan fingerprint density at radius 3 is 2.65 bits per heavy atom. The zero-order chi connectivity index (χ0) is 16.1. The molecule has 3 rings (SSSR count). The van der Waals surface area contributed by atoms with Gasteiger partial charge in [0.2, 0.25) is 5.91 Å². The van der Waals surface area contributed by atoms with Crippen molar-refractivity contribution in [1.82, 2.24) is 10.6 Å². The summed E-state index contributed by atoms with van der Waals surface area (Å²) in [6, 6.07) is 7.58. The molecule has 6 heteroatoms. The number of amides is 2. The molecule has 0 bridgehead atoms. The van der Waals surface area contributed by atoms with Crippen LogP contribution in [0.25, 0.3) is 0 Å². The van der Waals surface area contributed by atoms with Gasteiger partial charge in [-0.15, -0.1) is 0 Å². The zero-order valence-corrected chi connectivity index (χ0v) is 13.2.